The third-order valence-electron chi connectivity index (χ3n) is 4.43. The average molecular weight is 261 g/mol. The zero-order valence-electron chi connectivity index (χ0n) is 11.1. The predicted octanol–water partition coefficient (Wildman–Crippen LogP) is 1.95. The molecule has 2 saturated heterocycles. The van der Waals surface area contributed by atoms with E-state index in [1.165, 1.54) is 0 Å². The molecule has 1 aromatic carbocycles. The van der Waals surface area contributed by atoms with E-state index in [2.05, 4.69) is 10.2 Å². The summed E-state index contributed by atoms with van der Waals surface area (Å²) >= 11 is 0. The van der Waals surface area contributed by atoms with Crippen LogP contribution in [0.1, 0.15) is 12.0 Å². The van der Waals surface area contributed by atoms with Gasteiger partial charge in [-0.2, -0.15) is 0 Å². The summed E-state index contributed by atoms with van der Waals surface area (Å²) in [5, 5.41) is 14.6. The highest BCUT2D eigenvalue weighted by Crippen LogP contribution is 2.36. The standard InChI is InChI=1S/C14H19N3O2/c1-10-3-2-4-13(17(18)19)14(10)16-6-5-11-7-15-8-12(11)9-16/h2-4,11-12,15H,5-9H2,1H3. The van der Waals surface area contributed by atoms with Gasteiger partial charge in [0, 0.05) is 19.2 Å². The number of aryl methyl sites for hydroxylation is 1. The first kappa shape index (κ1) is 12.4. The van der Waals surface area contributed by atoms with E-state index in [1.54, 1.807) is 12.1 Å². The monoisotopic (exact) mass is 261 g/mol. The molecule has 102 valence electrons. The second-order valence-corrected chi connectivity index (χ2v) is 5.61. The lowest BCUT2D eigenvalue weighted by molar-refractivity contribution is -0.384. The van der Waals surface area contributed by atoms with Crippen molar-refractivity contribution in [1.29, 1.82) is 0 Å². The second kappa shape index (κ2) is 4.81. The van der Waals surface area contributed by atoms with Gasteiger partial charge in [-0.1, -0.05) is 12.1 Å². The van der Waals surface area contributed by atoms with E-state index in [0.717, 1.165) is 49.8 Å². The van der Waals surface area contributed by atoms with Crippen molar-refractivity contribution in [2.75, 3.05) is 31.1 Å². The molecule has 0 bridgehead atoms. The quantitative estimate of drug-likeness (QED) is 0.653. The fourth-order valence-corrected chi connectivity index (χ4v) is 3.44. The van der Waals surface area contributed by atoms with Crippen LogP contribution in [0.4, 0.5) is 11.4 Å². The summed E-state index contributed by atoms with van der Waals surface area (Å²) in [5.74, 6) is 1.38. The third kappa shape index (κ3) is 2.18. The summed E-state index contributed by atoms with van der Waals surface area (Å²) < 4.78 is 0. The van der Waals surface area contributed by atoms with Crippen LogP contribution in [0.2, 0.25) is 0 Å². The van der Waals surface area contributed by atoms with Crippen LogP contribution in [0, 0.1) is 28.9 Å². The van der Waals surface area contributed by atoms with Crippen molar-refractivity contribution >= 4 is 11.4 Å². The molecule has 3 rings (SSSR count). The number of hydrogen-bond acceptors (Lipinski definition) is 4. The number of nitro groups is 1. The number of nitro benzene ring substituents is 1. The first-order valence-electron chi connectivity index (χ1n) is 6.86. The van der Waals surface area contributed by atoms with E-state index in [1.807, 2.05) is 13.0 Å². The molecule has 19 heavy (non-hydrogen) atoms. The Morgan fingerprint density at radius 3 is 2.95 bits per heavy atom. The molecule has 0 radical (unpaired) electrons. The second-order valence-electron chi connectivity index (χ2n) is 5.61. The summed E-state index contributed by atoms with van der Waals surface area (Å²) in [5.41, 5.74) is 2.06. The number of fused-ring (bicyclic) bond motifs is 1. The number of hydrogen-bond donors (Lipinski definition) is 1. The molecule has 5 heteroatoms. The summed E-state index contributed by atoms with van der Waals surface area (Å²) in [4.78, 5) is 13.2. The number of rotatable bonds is 2. The molecule has 2 unspecified atom stereocenters. The van der Waals surface area contributed by atoms with Crippen LogP contribution < -0.4 is 10.2 Å². The molecule has 2 heterocycles. The first-order chi connectivity index (χ1) is 9.16. The lowest BCUT2D eigenvalue weighted by Gasteiger charge is -2.36. The lowest BCUT2D eigenvalue weighted by atomic mass is 9.88. The molecule has 0 spiro atoms. The van der Waals surface area contributed by atoms with Gasteiger partial charge in [0.2, 0.25) is 0 Å². The van der Waals surface area contributed by atoms with Crippen molar-refractivity contribution < 1.29 is 4.92 Å². The van der Waals surface area contributed by atoms with E-state index < -0.39 is 0 Å². The van der Waals surface area contributed by atoms with Gasteiger partial charge in [0.1, 0.15) is 5.69 Å². The smallest absolute Gasteiger partial charge is 0.292 e. The summed E-state index contributed by atoms with van der Waals surface area (Å²) in [6, 6.07) is 5.34. The van der Waals surface area contributed by atoms with Gasteiger partial charge < -0.3 is 10.2 Å². The third-order valence-corrected chi connectivity index (χ3v) is 4.43. The Hall–Kier alpha value is -1.62. The lowest BCUT2D eigenvalue weighted by Crippen LogP contribution is -2.40. The van der Waals surface area contributed by atoms with Crippen LogP contribution in [-0.4, -0.2) is 31.1 Å². The molecule has 0 aromatic heterocycles. The van der Waals surface area contributed by atoms with Gasteiger partial charge in [0.25, 0.3) is 5.69 Å². The molecule has 2 aliphatic heterocycles. The van der Waals surface area contributed by atoms with Gasteiger partial charge in [-0.05, 0) is 43.8 Å². The van der Waals surface area contributed by atoms with Crippen molar-refractivity contribution in [3.05, 3.63) is 33.9 Å². The Kier molecular flexibility index (Phi) is 3.14. The number of nitrogens with zero attached hydrogens (tertiary/aromatic N) is 2. The van der Waals surface area contributed by atoms with E-state index in [-0.39, 0.29) is 10.6 Å². The molecule has 1 aromatic rings. The van der Waals surface area contributed by atoms with Gasteiger partial charge in [-0.3, -0.25) is 10.1 Å². The van der Waals surface area contributed by atoms with Crippen LogP contribution in [0.5, 0.6) is 0 Å². The number of piperidine rings is 1. The molecule has 2 atom stereocenters. The molecule has 0 saturated carbocycles. The molecule has 0 amide bonds. The summed E-state index contributed by atoms with van der Waals surface area (Å²) in [6.07, 6.45) is 1.13. The Labute approximate surface area is 112 Å². The van der Waals surface area contributed by atoms with E-state index in [0.29, 0.717) is 5.92 Å². The number of benzene rings is 1. The highest BCUT2D eigenvalue weighted by molar-refractivity contribution is 5.68. The number of para-hydroxylation sites is 1. The molecule has 2 fully saturated rings. The van der Waals surface area contributed by atoms with Crippen molar-refractivity contribution in [1.82, 2.24) is 5.32 Å². The van der Waals surface area contributed by atoms with Crippen LogP contribution >= 0.6 is 0 Å². The Bertz CT molecular complexity index is 503. The topological polar surface area (TPSA) is 58.4 Å². The van der Waals surface area contributed by atoms with E-state index in [9.17, 15) is 10.1 Å². The minimum Gasteiger partial charge on any atom is -0.365 e. The molecular formula is C14H19N3O2. The highest BCUT2D eigenvalue weighted by atomic mass is 16.6. The number of nitrogens with one attached hydrogen (secondary N) is 1. The summed E-state index contributed by atoms with van der Waals surface area (Å²) in [6.45, 7) is 5.97. The van der Waals surface area contributed by atoms with Crippen molar-refractivity contribution in [2.45, 2.75) is 13.3 Å². The van der Waals surface area contributed by atoms with Gasteiger partial charge in [-0.15, -0.1) is 0 Å². The molecular weight excluding hydrogens is 242 g/mol. The van der Waals surface area contributed by atoms with Crippen LogP contribution in [0.3, 0.4) is 0 Å². The maximum absolute atomic E-state index is 11.2. The van der Waals surface area contributed by atoms with Crippen molar-refractivity contribution in [2.24, 2.45) is 11.8 Å². The fourth-order valence-electron chi connectivity index (χ4n) is 3.44. The normalized spacial score (nSPS) is 26.3. The predicted molar refractivity (Wildman–Crippen MR) is 74.5 cm³/mol. The van der Waals surface area contributed by atoms with Gasteiger partial charge >= 0.3 is 0 Å². The molecule has 1 N–H and O–H groups in total. The Morgan fingerprint density at radius 2 is 2.16 bits per heavy atom. The Balaban J connectivity index is 1.91. The maximum atomic E-state index is 11.2. The zero-order chi connectivity index (χ0) is 13.4. The van der Waals surface area contributed by atoms with Crippen LogP contribution in [0.25, 0.3) is 0 Å². The minimum absolute atomic E-state index is 0.240. The van der Waals surface area contributed by atoms with Crippen molar-refractivity contribution in [3.8, 4) is 0 Å². The van der Waals surface area contributed by atoms with Gasteiger partial charge in [0.05, 0.1) is 4.92 Å². The van der Waals surface area contributed by atoms with E-state index in [4.69, 9.17) is 0 Å². The van der Waals surface area contributed by atoms with Crippen LogP contribution in [0.15, 0.2) is 18.2 Å². The van der Waals surface area contributed by atoms with Gasteiger partial charge in [-0.25, -0.2) is 0 Å². The van der Waals surface area contributed by atoms with Crippen molar-refractivity contribution in [3.63, 3.8) is 0 Å². The zero-order valence-corrected chi connectivity index (χ0v) is 11.1. The maximum Gasteiger partial charge on any atom is 0.292 e. The number of anilines is 1. The highest BCUT2D eigenvalue weighted by Gasteiger charge is 2.35. The minimum atomic E-state index is -0.263. The molecule has 2 aliphatic rings. The summed E-state index contributed by atoms with van der Waals surface area (Å²) in [7, 11) is 0. The molecule has 0 aliphatic carbocycles. The average Bonchev–Trinajstić information content (AvgIpc) is 2.85. The van der Waals surface area contributed by atoms with Gasteiger partial charge in [0.15, 0.2) is 0 Å². The van der Waals surface area contributed by atoms with Crippen LogP contribution in [-0.2, 0) is 0 Å². The first-order valence-corrected chi connectivity index (χ1v) is 6.86. The largest absolute Gasteiger partial charge is 0.365 e. The Morgan fingerprint density at radius 1 is 1.37 bits per heavy atom. The fraction of sp³-hybridized carbons (Fsp3) is 0.571. The van der Waals surface area contributed by atoms with E-state index >= 15 is 0 Å². The SMILES string of the molecule is Cc1cccc([N+](=O)[O-])c1N1CCC2CNCC2C1. The molecule has 5 nitrogen and oxygen atoms in total.